The predicted octanol–water partition coefficient (Wildman–Crippen LogP) is 19.2. The lowest BCUT2D eigenvalue weighted by atomic mass is 9.91. The second-order valence-corrected chi connectivity index (χ2v) is 18.4. The highest BCUT2D eigenvalue weighted by Gasteiger charge is 2.29. The average molecular weight is 909 g/mol. The molecule has 0 fully saturated rings. The zero-order valence-corrected chi connectivity index (χ0v) is 38.9. The maximum Gasteiger partial charge on any atom is 0.143 e. The number of furan rings is 2. The maximum atomic E-state index is 6.90. The maximum absolute atomic E-state index is 6.90. The van der Waals surface area contributed by atoms with E-state index in [9.17, 15) is 0 Å². The van der Waals surface area contributed by atoms with Crippen molar-refractivity contribution in [3.05, 3.63) is 249 Å². The molecule has 0 aliphatic carbocycles. The van der Waals surface area contributed by atoms with E-state index in [2.05, 4.69) is 216 Å². The lowest BCUT2D eigenvalue weighted by molar-refractivity contribution is 0.669. The SMILES string of the molecule is C=C(/C=C\C=C/C)c1ccc(-c2ccc(N(c3ccc(-c4cccc5c4oc4ccccc45)cc3)c3ccc4c(c3)-c3ccc5c(oc6ccccc65)c3-c3cccc5c6ccccc6n-4c35)cc2)cc1. The van der Waals surface area contributed by atoms with Gasteiger partial charge in [-0.3, -0.25) is 0 Å². The second-order valence-electron chi connectivity index (χ2n) is 18.4. The van der Waals surface area contributed by atoms with Gasteiger partial charge in [0.1, 0.15) is 22.3 Å². The molecule has 4 heteroatoms. The second kappa shape index (κ2) is 16.1. The Labute approximate surface area is 410 Å². The summed E-state index contributed by atoms with van der Waals surface area (Å²) in [5.74, 6) is 0. The first-order chi connectivity index (χ1) is 35.1. The van der Waals surface area contributed by atoms with Crippen LogP contribution in [0.4, 0.5) is 17.1 Å². The van der Waals surface area contributed by atoms with E-state index < -0.39 is 0 Å². The van der Waals surface area contributed by atoms with Crippen LogP contribution in [0.25, 0.3) is 121 Å². The van der Waals surface area contributed by atoms with Crippen LogP contribution < -0.4 is 4.90 Å². The van der Waals surface area contributed by atoms with E-state index in [1.54, 1.807) is 0 Å². The van der Waals surface area contributed by atoms with Gasteiger partial charge in [-0.1, -0.05) is 176 Å². The van der Waals surface area contributed by atoms with E-state index in [0.717, 1.165) is 122 Å². The highest BCUT2D eigenvalue weighted by molar-refractivity contribution is 6.21. The molecular formula is C67H44N2O2. The van der Waals surface area contributed by atoms with Crippen LogP contribution in [0.1, 0.15) is 12.5 Å². The molecule has 0 bridgehead atoms. The third-order valence-corrected chi connectivity index (χ3v) is 14.4. The Morgan fingerprint density at radius 2 is 1.03 bits per heavy atom. The van der Waals surface area contributed by atoms with Gasteiger partial charge < -0.3 is 18.3 Å². The van der Waals surface area contributed by atoms with Gasteiger partial charge in [-0.25, -0.2) is 0 Å². The third kappa shape index (κ3) is 6.39. The average Bonchev–Trinajstić information content (AvgIpc) is 4.09. The molecule has 4 heterocycles. The summed E-state index contributed by atoms with van der Waals surface area (Å²) in [5, 5.41) is 6.90. The van der Waals surface area contributed by atoms with Crippen molar-refractivity contribution in [3.8, 4) is 50.2 Å². The smallest absolute Gasteiger partial charge is 0.143 e. The van der Waals surface area contributed by atoms with Crippen molar-refractivity contribution in [3.63, 3.8) is 0 Å². The minimum Gasteiger partial charge on any atom is -0.455 e. The molecule has 0 amide bonds. The quantitative estimate of drug-likeness (QED) is 0.143. The lowest BCUT2D eigenvalue weighted by Crippen LogP contribution is -2.10. The van der Waals surface area contributed by atoms with Gasteiger partial charge in [-0.15, -0.1) is 0 Å². The zero-order valence-electron chi connectivity index (χ0n) is 38.9. The van der Waals surface area contributed by atoms with Crippen molar-refractivity contribution in [1.29, 1.82) is 0 Å². The fourth-order valence-electron chi connectivity index (χ4n) is 11.1. The monoisotopic (exact) mass is 908 g/mol. The number of hydrogen-bond donors (Lipinski definition) is 0. The number of anilines is 3. The van der Waals surface area contributed by atoms with Crippen molar-refractivity contribution in [2.45, 2.75) is 6.92 Å². The Morgan fingerprint density at radius 1 is 0.451 bits per heavy atom. The Bertz CT molecular complexity index is 4350. The number of fused-ring (bicyclic) bond motifs is 15. The van der Waals surface area contributed by atoms with Crippen LogP contribution in [0.5, 0.6) is 0 Å². The molecule has 10 aromatic carbocycles. The van der Waals surface area contributed by atoms with Gasteiger partial charge in [0.15, 0.2) is 0 Å². The lowest BCUT2D eigenvalue weighted by Gasteiger charge is -2.27. The summed E-state index contributed by atoms with van der Waals surface area (Å²) in [6.45, 7) is 6.31. The number of para-hydroxylation sites is 5. The van der Waals surface area contributed by atoms with E-state index >= 15 is 0 Å². The fraction of sp³-hybridized carbons (Fsp3) is 0.0149. The number of benzene rings is 10. The Balaban J connectivity index is 0.953. The van der Waals surface area contributed by atoms with E-state index in [1.807, 2.05) is 43.4 Å². The molecule has 14 rings (SSSR count). The van der Waals surface area contributed by atoms with Crippen LogP contribution in [-0.2, 0) is 0 Å². The first-order valence-corrected chi connectivity index (χ1v) is 24.2. The highest BCUT2D eigenvalue weighted by Crippen LogP contribution is 2.52. The summed E-state index contributed by atoms with van der Waals surface area (Å²) in [5.41, 5.74) is 21.2. The molecule has 0 N–H and O–H groups in total. The molecule has 0 spiro atoms. The summed E-state index contributed by atoms with van der Waals surface area (Å²) in [4.78, 5) is 2.38. The topological polar surface area (TPSA) is 34.5 Å². The van der Waals surface area contributed by atoms with E-state index in [1.165, 1.54) is 21.8 Å². The van der Waals surface area contributed by atoms with Crippen LogP contribution in [0.15, 0.2) is 252 Å². The molecule has 1 aliphatic heterocycles. The summed E-state index contributed by atoms with van der Waals surface area (Å²) in [7, 11) is 0. The van der Waals surface area contributed by atoms with Crippen LogP contribution in [0, 0.1) is 0 Å². The third-order valence-electron chi connectivity index (χ3n) is 14.4. The molecule has 71 heavy (non-hydrogen) atoms. The first-order valence-electron chi connectivity index (χ1n) is 24.2. The number of rotatable bonds is 8. The van der Waals surface area contributed by atoms with Gasteiger partial charge in [0.25, 0.3) is 0 Å². The van der Waals surface area contributed by atoms with Gasteiger partial charge in [0.2, 0.25) is 0 Å². The van der Waals surface area contributed by atoms with Gasteiger partial charge >= 0.3 is 0 Å². The molecule has 0 saturated heterocycles. The van der Waals surface area contributed by atoms with Crippen LogP contribution >= 0.6 is 0 Å². The van der Waals surface area contributed by atoms with Crippen molar-refractivity contribution in [2.24, 2.45) is 0 Å². The Morgan fingerprint density at radius 3 is 1.75 bits per heavy atom. The van der Waals surface area contributed by atoms with E-state index in [4.69, 9.17) is 8.83 Å². The minimum absolute atomic E-state index is 0.884. The molecule has 4 nitrogen and oxygen atoms in total. The zero-order chi connectivity index (χ0) is 47.2. The molecular weight excluding hydrogens is 865 g/mol. The molecule has 1 aliphatic rings. The number of allylic oxidation sites excluding steroid dienone is 5. The standard InChI is InChI=1S/C67H44N2O2/c1-3-4-5-14-42(2)43-25-27-44(28-26-43)45-29-33-47(34-30-45)68(48-35-31-46(32-36-48)50-18-12-20-56-52-16-7-10-23-62(52)70-66(50)56)49-37-40-61-59(41-49)54-38-39-57-53-17-8-11-24-63(53)71-67(57)64(54)58-21-13-19-55-51-15-6-9-22-60(51)69(61)65(55)58/h3-41H,2H2,1H3/b4-3-,14-5-. The van der Waals surface area contributed by atoms with Crippen LogP contribution in [0.2, 0.25) is 0 Å². The fourth-order valence-corrected chi connectivity index (χ4v) is 11.1. The van der Waals surface area contributed by atoms with E-state index in [-0.39, 0.29) is 0 Å². The molecule has 0 saturated carbocycles. The van der Waals surface area contributed by atoms with Crippen LogP contribution in [-0.4, -0.2) is 4.57 Å². The van der Waals surface area contributed by atoms with Crippen LogP contribution in [0.3, 0.4) is 0 Å². The molecule has 0 unspecified atom stereocenters. The van der Waals surface area contributed by atoms with Crippen molar-refractivity contribution < 1.29 is 8.83 Å². The van der Waals surface area contributed by atoms with Gasteiger partial charge in [-0.2, -0.15) is 0 Å². The Kier molecular flexibility index (Phi) is 9.23. The number of hydrogen-bond acceptors (Lipinski definition) is 3. The molecule has 334 valence electrons. The molecule has 0 atom stereocenters. The van der Waals surface area contributed by atoms with Gasteiger partial charge in [0, 0.05) is 71.6 Å². The molecule has 0 radical (unpaired) electrons. The number of nitrogens with zero attached hydrogens (tertiary/aromatic N) is 2. The summed E-state index contributed by atoms with van der Waals surface area (Å²) in [6.07, 6.45) is 8.11. The summed E-state index contributed by atoms with van der Waals surface area (Å²) < 4.78 is 15.9. The molecule has 13 aromatic rings. The van der Waals surface area contributed by atoms with E-state index in [0.29, 0.717) is 0 Å². The first kappa shape index (κ1) is 40.7. The van der Waals surface area contributed by atoms with Gasteiger partial charge in [0.05, 0.1) is 16.7 Å². The van der Waals surface area contributed by atoms with Crippen molar-refractivity contribution in [2.75, 3.05) is 4.90 Å². The largest absolute Gasteiger partial charge is 0.455 e. The summed E-state index contributed by atoms with van der Waals surface area (Å²) in [6, 6.07) is 76.6. The highest BCUT2D eigenvalue weighted by atomic mass is 16.3. The van der Waals surface area contributed by atoms with Gasteiger partial charge in [-0.05, 0) is 107 Å². The predicted molar refractivity (Wildman–Crippen MR) is 298 cm³/mol. The Hall–Kier alpha value is -9.38. The summed E-state index contributed by atoms with van der Waals surface area (Å²) >= 11 is 0. The number of aromatic nitrogens is 1. The van der Waals surface area contributed by atoms with Crippen molar-refractivity contribution >= 4 is 88.3 Å². The van der Waals surface area contributed by atoms with Crippen molar-refractivity contribution in [1.82, 2.24) is 4.57 Å². The normalized spacial score (nSPS) is 12.2. The minimum atomic E-state index is 0.884. The molecule has 3 aromatic heterocycles.